The van der Waals surface area contributed by atoms with Crippen molar-refractivity contribution in [3.05, 3.63) is 33.6 Å². The molecular formula is C8H4F3NO5. The highest BCUT2D eigenvalue weighted by Crippen LogP contribution is 2.33. The third kappa shape index (κ3) is 2.62. The summed E-state index contributed by atoms with van der Waals surface area (Å²) in [6.45, 7) is -3.39. The molecule has 1 aromatic rings. The van der Waals surface area contributed by atoms with Gasteiger partial charge in [-0.2, -0.15) is 13.2 Å². The van der Waals surface area contributed by atoms with Crippen LogP contribution in [0.2, 0.25) is 0 Å². The maximum Gasteiger partial charge on any atom is 0.387 e. The van der Waals surface area contributed by atoms with Gasteiger partial charge < -0.3 is 9.84 Å². The number of nitro groups is 1. The lowest BCUT2D eigenvalue weighted by Gasteiger charge is -2.06. The van der Waals surface area contributed by atoms with E-state index in [4.69, 9.17) is 5.11 Å². The van der Waals surface area contributed by atoms with E-state index < -0.39 is 40.3 Å². The van der Waals surface area contributed by atoms with E-state index >= 15 is 0 Å². The fraction of sp³-hybridized carbons (Fsp3) is 0.125. The van der Waals surface area contributed by atoms with Gasteiger partial charge in [-0.15, -0.1) is 0 Å². The Kier molecular flexibility index (Phi) is 3.51. The molecule has 1 rings (SSSR count). The molecule has 0 aliphatic carbocycles. The quantitative estimate of drug-likeness (QED) is 0.653. The van der Waals surface area contributed by atoms with E-state index in [-0.39, 0.29) is 0 Å². The summed E-state index contributed by atoms with van der Waals surface area (Å²) in [5.41, 5.74) is -2.44. The monoisotopic (exact) mass is 251 g/mol. The fourth-order valence-corrected chi connectivity index (χ4v) is 1.07. The number of nitro benzene ring substituents is 1. The summed E-state index contributed by atoms with van der Waals surface area (Å²) in [5, 5.41) is 18.9. The Morgan fingerprint density at radius 1 is 1.47 bits per heavy atom. The molecule has 0 saturated heterocycles. The highest BCUT2D eigenvalue weighted by molar-refractivity contribution is 5.89. The zero-order valence-corrected chi connectivity index (χ0v) is 7.89. The lowest BCUT2D eigenvalue weighted by molar-refractivity contribution is -0.389. The molecule has 0 aromatic heterocycles. The summed E-state index contributed by atoms with van der Waals surface area (Å²) < 4.78 is 40.8. The number of aromatic carboxylic acids is 1. The van der Waals surface area contributed by atoms with Crippen molar-refractivity contribution in [3.63, 3.8) is 0 Å². The van der Waals surface area contributed by atoms with Crippen LogP contribution in [0.4, 0.5) is 18.9 Å². The van der Waals surface area contributed by atoms with Crippen LogP contribution in [0, 0.1) is 15.9 Å². The van der Waals surface area contributed by atoms with Gasteiger partial charge in [0, 0.05) is 0 Å². The molecule has 0 bridgehead atoms. The Morgan fingerprint density at radius 3 is 2.47 bits per heavy atom. The average molecular weight is 251 g/mol. The summed E-state index contributed by atoms with van der Waals surface area (Å²) >= 11 is 0. The molecular weight excluding hydrogens is 247 g/mol. The molecule has 0 fully saturated rings. The predicted octanol–water partition coefficient (Wildman–Crippen LogP) is 2.03. The third-order valence-electron chi connectivity index (χ3n) is 1.71. The minimum Gasteiger partial charge on any atom is -0.478 e. The molecule has 17 heavy (non-hydrogen) atoms. The van der Waals surface area contributed by atoms with Crippen LogP contribution in [-0.4, -0.2) is 22.6 Å². The molecule has 0 heterocycles. The number of alkyl halides is 2. The standard InChI is InChI=1S/C8H4F3NO5/c9-5-3(7(13)14)1-2-4(17-8(10)11)6(5)12(15)16/h1-2,8H,(H,13,14). The molecule has 0 atom stereocenters. The molecule has 92 valence electrons. The van der Waals surface area contributed by atoms with Crippen molar-refractivity contribution < 1.29 is 32.7 Å². The van der Waals surface area contributed by atoms with Crippen molar-refractivity contribution in [3.8, 4) is 5.75 Å². The number of benzene rings is 1. The molecule has 0 amide bonds. The fourth-order valence-electron chi connectivity index (χ4n) is 1.07. The van der Waals surface area contributed by atoms with Gasteiger partial charge in [-0.1, -0.05) is 0 Å². The summed E-state index contributed by atoms with van der Waals surface area (Å²) in [4.78, 5) is 19.6. The molecule has 0 unspecified atom stereocenters. The summed E-state index contributed by atoms with van der Waals surface area (Å²) in [7, 11) is 0. The molecule has 0 aliphatic heterocycles. The Labute approximate surface area is 91.4 Å². The first-order valence-electron chi connectivity index (χ1n) is 3.99. The molecule has 1 N–H and O–H groups in total. The van der Waals surface area contributed by atoms with Crippen molar-refractivity contribution >= 4 is 11.7 Å². The van der Waals surface area contributed by atoms with E-state index in [0.29, 0.717) is 12.1 Å². The molecule has 1 aromatic carbocycles. The Bertz CT molecular complexity index is 476. The Balaban J connectivity index is 3.39. The number of rotatable bonds is 4. The van der Waals surface area contributed by atoms with E-state index in [9.17, 15) is 28.1 Å². The zero-order valence-electron chi connectivity index (χ0n) is 7.89. The SMILES string of the molecule is O=C(O)c1ccc(OC(F)F)c([N+](=O)[O-])c1F. The second-order valence-electron chi connectivity index (χ2n) is 2.71. The smallest absolute Gasteiger partial charge is 0.387 e. The molecule has 0 saturated carbocycles. The lowest BCUT2D eigenvalue weighted by Crippen LogP contribution is -2.09. The van der Waals surface area contributed by atoms with Crippen LogP contribution in [0.1, 0.15) is 10.4 Å². The predicted molar refractivity (Wildman–Crippen MR) is 46.6 cm³/mol. The number of nitrogens with zero attached hydrogens (tertiary/aromatic N) is 1. The lowest BCUT2D eigenvalue weighted by atomic mass is 10.1. The minimum atomic E-state index is -3.39. The van der Waals surface area contributed by atoms with Crippen LogP contribution in [0.15, 0.2) is 12.1 Å². The number of hydrogen-bond acceptors (Lipinski definition) is 4. The highest BCUT2D eigenvalue weighted by Gasteiger charge is 2.28. The van der Waals surface area contributed by atoms with Gasteiger partial charge in [0.05, 0.1) is 4.92 Å². The van der Waals surface area contributed by atoms with Gasteiger partial charge in [0.25, 0.3) is 0 Å². The van der Waals surface area contributed by atoms with Crippen LogP contribution < -0.4 is 4.74 Å². The normalized spacial score (nSPS) is 10.4. The Hall–Kier alpha value is -2.32. The van der Waals surface area contributed by atoms with Gasteiger partial charge in [-0.05, 0) is 12.1 Å². The van der Waals surface area contributed by atoms with Crippen LogP contribution in [-0.2, 0) is 0 Å². The number of halogens is 3. The highest BCUT2D eigenvalue weighted by atomic mass is 19.3. The maximum atomic E-state index is 13.3. The first kappa shape index (κ1) is 12.7. The Morgan fingerprint density at radius 2 is 2.06 bits per heavy atom. The summed E-state index contributed by atoms with van der Waals surface area (Å²) in [6, 6.07) is 1.19. The number of hydrogen-bond donors (Lipinski definition) is 1. The first-order valence-corrected chi connectivity index (χ1v) is 3.99. The van der Waals surface area contributed by atoms with Crippen LogP contribution in [0.25, 0.3) is 0 Å². The van der Waals surface area contributed by atoms with Crippen molar-refractivity contribution in [2.45, 2.75) is 6.61 Å². The van der Waals surface area contributed by atoms with E-state index in [0.717, 1.165) is 0 Å². The van der Waals surface area contributed by atoms with Gasteiger partial charge in [-0.3, -0.25) is 10.1 Å². The largest absolute Gasteiger partial charge is 0.478 e. The third-order valence-corrected chi connectivity index (χ3v) is 1.71. The number of ether oxygens (including phenoxy) is 1. The maximum absolute atomic E-state index is 13.3. The minimum absolute atomic E-state index is 0.594. The summed E-state index contributed by atoms with van der Waals surface area (Å²) in [5.74, 6) is -4.53. The molecule has 9 heteroatoms. The van der Waals surface area contributed by atoms with Gasteiger partial charge in [0.2, 0.25) is 11.6 Å². The van der Waals surface area contributed by atoms with E-state index in [1.54, 1.807) is 0 Å². The van der Waals surface area contributed by atoms with Crippen molar-refractivity contribution in [1.82, 2.24) is 0 Å². The van der Waals surface area contributed by atoms with Crippen molar-refractivity contribution in [1.29, 1.82) is 0 Å². The van der Waals surface area contributed by atoms with E-state index in [1.807, 2.05) is 0 Å². The van der Waals surface area contributed by atoms with E-state index in [1.165, 1.54) is 0 Å². The van der Waals surface area contributed by atoms with Crippen LogP contribution in [0.5, 0.6) is 5.75 Å². The average Bonchev–Trinajstić information content (AvgIpc) is 2.15. The summed E-state index contributed by atoms with van der Waals surface area (Å²) in [6.07, 6.45) is 0. The van der Waals surface area contributed by atoms with Gasteiger partial charge in [-0.25, -0.2) is 4.79 Å². The van der Waals surface area contributed by atoms with Gasteiger partial charge in [0.1, 0.15) is 5.56 Å². The van der Waals surface area contributed by atoms with Gasteiger partial charge >= 0.3 is 18.3 Å². The van der Waals surface area contributed by atoms with Crippen molar-refractivity contribution in [2.75, 3.05) is 0 Å². The van der Waals surface area contributed by atoms with Crippen LogP contribution in [0.3, 0.4) is 0 Å². The second kappa shape index (κ2) is 4.68. The molecule has 0 spiro atoms. The van der Waals surface area contributed by atoms with Crippen LogP contribution >= 0.6 is 0 Å². The molecule has 0 radical (unpaired) electrons. The van der Waals surface area contributed by atoms with Gasteiger partial charge in [0.15, 0.2) is 0 Å². The number of carbonyl (C=O) groups is 1. The number of carboxylic acid groups (broad SMARTS) is 1. The zero-order chi connectivity index (χ0) is 13.2. The van der Waals surface area contributed by atoms with E-state index in [2.05, 4.69) is 4.74 Å². The first-order chi connectivity index (χ1) is 7.84. The molecule has 0 aliphatic rings. The molecule has 6 nitrogen and oxygen atoms in total. The van der Waals surface area contributed by atoms with Crippen molar-refractivity contribution in [2.24, 2.45) is 0 Å². The number of carboxylic acids is 1. The topological polar surface area (TPSA) is 89.7 Å². The second-order valence-corrected chi connectivity index (χ2v) is 2.71.